The van der Waals surface area contributed by atoms with Crippen molar-refractivity contribution in [2.75, 3.05) is 0 Å². The zero-order chi connectivity index (χ0) is 13.8. The van der Waals surface area contributed by atoms with Gasteiger partial charge in [0.05, 0.1) is 4.47 Å². The van der Waals surface area contributed by atoms with Gasteiger partial charge in [-0.25, -0.2) is 14.2 Å². The number of ether oxygens (including phenoxy) is 1. The molecule has 0 unspecified atom stereocenters. The summed E-state index contributed by atoms with van der Waals surface area (Å²) < 4.78 is 19.0. The number of aromatic carboxylic acids is 1. The van der Waals surface area contributed by atoms with E-state index in [0.29, 0.717) is 10.0 Å². The Kier molecular flexibility index (Phi) is 4.11. The molecule has 2 rings (SSSR count). The second kappa shape index (κ2) is 5.79. The average molecular weight is 326 g/mol. The predicted molar refractivity (Wildman–Crippen MR) is 69.6 cm³/mol. The third-order valence-electron chi connectivity index (χ3n) is 2.39. The molecule has 0 fully saturated rings. The molecule has 1 heterocycles. The molecule has 98 valence electrons. The number of rotatable bonds is 4. The molecule has 4 nitrogen and oxygen atoms in total. The number of nitrogens with zero attached hydrogens (tertiary/aromatic N) is 1. The maximum Gasteiger partial charge on any atom is 0.358 e. The van der Waals surface area contributed by atoms with E-state index in [9.17, 15) is 9.18 Å². The van der Waals surface area contributed by atoms with Gasteiger partial charge in [-0.3, -0.25) is 0 Å². The van der Waals surface area contributed by atoms with Gasteiger partial charge in [-0.2, -0.15) is 0 Å². The highest BCUT2D eigenvalue weighted by atomic mass is 79.9. The van der Waals surface area contributed by atoms with E-state index in [2.05, 4.69) is 20.9 Å². The SMILES string of the molecule is O=C(O)c1ncccc1OCc1cccc(F)c1Br. The molecule has 0 saturated heterocycles. The number of aromatic nitrogens is 1. The van der Waals surface area contributed by atoms with Gasteiger partial charge in [0.15, 0.2) is 11.4 Å². The fourth-order valence-corrected chi connectivity index (χ4v) is 1.86. The Hall–Kier alpha value is -1.95. The minimum absolute atomic E-state index is 0.0459. The maximum atomic E-state index is 13.3. The van der Waals surface area contributed by atoms with E-state index in [1.165, 1.54) is 18.3 Å². The van der Waals surface area contributed by atoms with Crippen LogP contribution in [0.1, 0.15) is 16.1 Å². The normalized spacial score (nSPS) is 10.2. The maximum absolute atomic E-state index is 13.3. The molecular weight excluding hydrogens is 317 g/mol. The third-order valence-corrected chi connectivity index (χ3v) is 3.28. The van der Waals surface area contributed by atoms with Crippen molar-refractivity contribution in [2.24, 2.45) is 0 Å². The minimum atomic E-state index is -1.17. The van der Waals surface area contributed by atoms with Crippen molar-refractivity contribution in [3.63, 3.8) is 0 Å². The number of halogens is 2. The van der Waals surface area contributed by atoms with Gasteiger partial charge in [0.1, 0.15) is 12.4 Å². The Morgan fingerprint density at radius 3 is 2.89 bits per heavy atom. The van der Waals surface area contributed by atoms with Gasteiger partial charge in [0, 0.05) is 11.8 Å². The summed E-state index contributed by atoms with van der Waals surface area (Å²) in [5.74, 6) is -1.43. The molecule has 0 aliphatic carbocycles. The van der Waals surface area contributed by atoms with Crippen molar-refractivity contribution in [2.45, 2.75) is 6.61 Å². The van der Waals surface area contributed by atoms with Gasteiger partial charge in [-0.1, -0.05) is 12.1 Å². The van der Waals surface area contributed by atoms with Crippen LogP contribution < -0.4 is 4.74 Å². The molecule has 0 radical (unpaired) electrons. The van der Waals surface area contributed by atoms with Gasteiger partial charge >= 0.3 is 5.97 Å². The fraction of sp³-hybridized carbons (Fsp3) is 0.0769. The van der Waals surface area contributed by atoms with Crippen molar-refractivity contribution in [3.8, 4) is 5.75 Å². The summed E-state index contributed by atoms with van der Waals surface area (Å²) in [6.07, 6.45) is 1.37. The van der Waals surface area contributed by atoms with Gasteiger partial charge in [0.25, 0.3) is 0 Å². The number of carboxylic acids is 1. The Balaban J connectivity index is 2.19. The summed E-state index contributed by atoms with van der Waals surface area (Å²) in [5.41, 5.74) is 0.412. The molecule has 0 atom stereocenters. The molecule has 0 aliphatic heterocycles. The first-order valence-corrected chi connectivity index (χ1v) is 6.13. The molecule has 0 bridgehead atoms. The molecule has 2 aromatic rings. The summed E-state index contributed by atoms with van der Waals surface area (Å²) >= 11 is 3.11. The lowest BCUT2D eigenvalue weighted by atomic mass is 10.2. The molecular formula is C13H9BrFNO3. The lowest BCUT2D eigenvalue weighted by molar-refractivity contribution is 0.0685. The highest BCUT2D eigenvalue weighted by Gasteiger charge is 2.13. The number of benzene rings is 1. The lowest BCUT2D eigenvalue weighted by Gasteiger charge is -2.09. The van der Waals surface area contributed by atoms with Crippen molar-refractivity contribution in [1.29, 1.82) is 0 Å². The van der Waals surface area contributed by atoms with Crippen molar-refractivity contribution >= 4 is 21.9 Å². The van der Waals surface area contributed by atoms with Crippen LogP contribution in [0.3, 0.4) is 0 Å². The van der Waals surface area contributed by atoms with Gasteiger partial charge in [-0.05, 0) is 34.1 Å². The Bertz CT molecular complexity index is 619. The molecule has 1 N–H and O–H groups in total. The molecule has 6 heteroatoms. The van der Waals surface area contributed by atoms with E-state index in [-0.39, 0.29) is 18.1 Å². The number of carbonyl (C=O) groups is 1. The lowest BCUT2D eigenvalue weighted by Crippen LogP contribution is -2.06. The highest BCUT2D eigenvalue weighted by Crippen LogP contribution is 2.23. The fourth-order valence-electron chi connectivity index (χ4n) is 1.48. The second-order valence-corrected chi connectivity index (χ2v) is 4.45. The summed E-state index contributed by atoms with van der Waals surface area (Å²) in [6.45, 7) is 0.0459. The molecule has 19 heavy (non-hydrogen) atoms. The van der Waals surface area contributed by atoms with Gasteiger partial charge in [-0.15, -0.1) is 0 Å². The topological polar surface area (TPSA) is 59.4 Å². The summed E-state index contributed by atoms with van der Waals surface area (Å²) in [6, 6.07) is 7.64. The van der Waals surface area contributed by atoms with Gasteiger partial charge in [0.2, 0.25) is 0 Å². The van der Waals surface area contributed by atoms with E-state index in [0.717, 1.165) is 0 Å². The Morgan fingerprint density at radius 2 is 2.16 bits per heavy atom. The van der Waals surface area contributed by atoms with E-state index in [1.54, 1.807) is 18.2 Å². The molecule has 1 aromatic carbocycles. The number of carboxylic acid groups (broad SMARTS) is 1. The van der Waals surface area contributed by atoms with Crippen LogP contribution in [0.5, 0.6) is 5.75 Å². The summed E-state index contributed by atoms with van der Waals surface area (Å²) in [7, 11) is 0. The first-order chi connectivity index (χ1) is 9.09. The number of hydrogen-bond acceptors (Lipinski definition) is 3. The van der Waals surface area contributed by atoms with Crippen LogP contribution in [0.15, 0.2) is 41.0 Å². The molecule has 0 saturated carbocycles. The average Bonchev–Trinajstić information content (AvgIpc) is 2.40. The monoisotopic (exact) mass is 325 g/mol. The highest BCUT2D eigenvalue weighted by molar-refractivity contribution is 9.10. The molecule has 0 spiro atoms. The van der Waals surface area contributed by atoms with Gasteiger partial charge < -0.3 is 9.84 Å². The number of pyridine rings is 1. The smallest absolute Gasteiger partial charge is 0.358 e. The Labute approximate surface area is 117 Å². The zero-order valence-corrected chi connectivity index (χ0v) is 11.2. The van der Waals surface area contributed by atoms with Crippen LogP contribution >= 0.6 is 15.9 Å². The van der Waals surface area contributed by atoms with E-state index in [4.69, 9.17) is 9.84 Å². The van der Waals surface area contributed by atoms with Crippen LogP contribution in [-0.4, -0.2) is 16.1 Å². The molecule has 1 aromatic heterocycles. The largest absolute Gasteiger partial charge is 0.486 e. The summed E-state index contributed by atoms with van der Waals surface area (Å²) in [4.78, 5) is 14.7. The van der Waals surface area contributed by atoms with E-state index < -0.39 is 11.8 Å². The van der Waals surface area contributed by atoms with Crippen molar-refractivity contribution in [1.82, 2.24) is 4.98 Å². The summed E-state index contributed by atoms with van der Waals surface area (Å²) in [5, 5.41) is 8.95. The van der Waals surface area contributed by atoms with Crippen LogP contribution in [-0.2, 0) is 6.61 Å². The zero-order valence-electron chi connectivity index (χ0n) is 9.64. The third kappa shape index (κ3) is 3.08. The quantitative estimate of drug-likeness (QED) is 0.937. The van der Waals surface area contributed by atoms with E-state index >= 15 is 0 Å². The molecule has 0 amide bonds. The van der Waals surface area contributed by atoms with Crippen molar-refractivity contribution < 1.29 is 19.0 Å². The standard InChI is InChI=1S/C13H9BrFNO3/c14-11-8(3-1-4-9(11)15)7-19-10-5-2-6-16-12(10)13(17)18/h1-6H,7H2,(H,17,18). The van der Waals surface area contributed by atoms with E-state index in [1.807, 2.05) is 0 Å². The van der Waals surface area contributed by atoms with Crippen LogP contribution in [0.25, 0.3) is 0 Å². The van der Waals surface area contributed by atoms with Crippen LogP contribution in [0.2, 0.25) is 0 Å². The second-order valence-electron chi connectivity index (χ2n) is 3.66. The molecule has 0 aliphatic rings. The minimum Gasteiger partial charge on any atom is -0.486 e. The number of hydrogen-bond donors (Lipinski definition) is 1. The Morgan fingerprint density at radius 1 is 1.37 bits per heavy atom. The predicted octanol–water partition coefficient (Wildman–Crippen LogP) is 3.26. The van der Waals surface area contributed by atoms with Crippen LogP contribution in [0, 0.1) is 5.82 Å². The first kappa shape index (κ1) is 13.5. The first-order valence-electron chi connectivity index (χ1n) is 5.33. The van der Waals surface area contributed by atoms with Crippen LogP contribution in [0.4, 0.5) is 4.39 Å². The van der Waals surface area contributed by atoms with Crippen molar-refractivity contribution in [3.05, 3.63) is 58.1 Å².